The van der Waals surface area contributed by atoms with Gasteiger partial charge in [-0.25, -0.2) is 0 Å². The molecule has 0 fully saturated rings. The molecule has 0 aromatic heterocycles. The van der Waals surface area contributed by atoms with Crippen molar-refractivity contribution in [2.45, 2.75) is 6.54 Å². The maximum Gasteiger partial charge on any atom is 0.299 e. The third kappa shape index (κ3) is 2.53. The van der Waals surface area contributed by atoms with Crippen LogP contribution in [-0.2, 0) is 11.3 Å². The third-order valence-electron chi connectivity index (χ3n) is 3.28. The van der Waals surface area contributed by atoms with Crippen LogP contribution in [-0.4, -0.2) is 11.7 Å². The molecule has 0 unspecified atom stereocenters. The molecule has 1 amide bonds. The molecule has 0 saturated heterocycles. The highest BCUT2D eigenvalue weighted by atomic mass is 35.5. The smallest absolute Gasteiger partial charge is 0.299 e. The summed E-state index contributed by atoms with van der Waals surface area (Å²) in [6.07, 6.45) is 0. The molecule has 2 aromatic rings. The van der Waals surface area contributed by atoms with Crippen molar-refractivity contribution in [1.29, 1.82) is 0 Å². The van der Waals surface area contributed by atoms with Crippen LogP contribution in [0.3, 0.4) is 0 Å². The Morgan fingerprint density at radius 3 is 2.29 bits per heavy atom. The minimum absolute atomic E-state index is 0.204. The second kappa shape index (κ2) is 5.34. The quantitative estimate of drug-likeness (QED) is 0.761. The highest BCUT2D eigenvalue weighted by Crippen LogP contribution is 2.33. The molecule has 6 heteroatoms. The van der Waals surface area contributed by atoms with Crippen LogP contribution < -0.4 is 4.90 Å². The van der Waals surface area contributed by atoms with Crippen LogP contribution in [0.1, 0.15) is 15.9 Å². The summed E-state index contributed by atoms with van der Waals surface area (Å²) in [4.78, 5) is 25.5. The Morgan fingerprint density at radius 2 is 1.57 bits per heavy atom. The average Bonchev–Trinajstić information content (AvgIpc) is 2.66. The summed E-state index contributed by atoms with van der Waals surface area (Å²) in [6.45, 7) is 0.204. The third-order valence-corrected chi connectivity index (χ3v) is 4.10. The summed E-state index contributed by atoms with van der Waals surface area (Å²) < 4.78 is 0. The van der Waals surface area contributed by atoms with Crippen molar-refractivity contribution in [3.63, 3.8) is 0 Å². The zero-order valence-corrected chi connectivity index (χ0v) is 12.8. The summed E-state index contributed by atoms with van der Waals surface area (Å²) in [5.41, 5.74) is 1.57. The molecular weight excluding hydrogens is 333 g/mol. The number of ketones is 1. The Morgan fingerprint density at radius 1 is 0.905 bits per heavy atom. The molecule has 0 aliphatic carbocycles. The van der Waals surface area contributed by atoms with Crippen LogP contribution >= 0.6 is 34.8 Å². The van der Waals surface area contributed by atoms with E-state index in [9.17, 15) is 9.59 Å². The van der Waals surface area contributed by atoms with Gasteiger partial charge in [0.05, 0.1) is 17.8 Å². The van der Waals surface area contributed by atoms with Gasteiger partial charge >= 0.3 is 0 Å². The Hall–Kier alpha value is -1.55. The van der Waals surface area contributed by atoms with E-state index in [4.69, 9.17) is 34.8 Å². The van der Waals surface area contributed by atoms with Crippen LogP contribution in [0.2, 0.25) is 15.1 Å². The molecule has 1 aliphatic rings. The number of rotatable bonds is 2. The number of Topliss-reactive ketones (excluding diaryl/α,β-unsaturated/α-hetero) is 1. The maximum atomic E-state index is 12.1. The lowest BCUT2D eigenvalue weighted by atomic mass is 10.1. The van der Waals surface area contributed by atoms with E-state index in [2.05, 4.69) is 0 Å². The van der Waals surface area contributed by atoms with Crippen LogP contribution in [0.5, 0.6) is 0 Å². The zero-order valence-electron chi connectivity index (χ0n) is 10.6. The van der Waals surface area contributed by atoms with E-state index in [-0.39, 0.29) is 6.54 Å². The van der Waals surface area contributed by atoms with Gasteiger partial charge in [-0.05, 0) is 35.9 Å². The number of halogens is 3. The molecule has 3 nitrogen and oxygen atoms in total. The van der Waals surface area contributed by atoms with E-state index < -0.39 is 11.7 Å². The average molecular weight is 341 g/mol. The van der Waals surface area contributed by atoms with Crippen molar-refractivity contribution in [1.82, 2.24) is 0 Å². The number of hydrogen-bond donors (Lipinski definition) is 0. The second-order valence-electron chi connectivity index (χ2n) is 4.62. The molecule has 0 saturated carbocycles. The standard InChI is InChI=1S/C15H8Cl3NO2/c16-9-3-4-13-11(5-9)14(20)15(21)19(13)7-8-1-2-10(17)6-12(8)18/h1-6H,7H2. The molecule has 0 radical (unpaired) electrons. The molecule has 21 heavy (non-hydrogen) atoms. The molecular formula is C15H8Cl3NO2. The normalized spacial score (nSPS) is 13.8. The van der Waals surface area contributed by atoms with Gasteiger partial charge in [0.15, 0.2) is 0 Å². The van der Waals surface area contributed by atoms with Crippen molar-refractivity contribution in [2.75, 3.05) is 4.90 Å². The van der Waals surface area contributed by atoms with Gasteiger partial charge in [-0.1, -0.05) is 40.9 Å². The number of anilines is 1. The van der Waals surface area contributed by atoms with Gasteiger partial charge in [0.25, 0.3) is 11.7 Å². The van der Waals surface area contributed by atoms with Crippen LogP contribution in [0.25, 0.3) is 0 Å². The number of fused-ring (bicyclic) bond motifs is 1. The number of nitrogens with zero attached hydrogens (tertiary/aromatic N) is 1. The number of amides is 1. The first-order valence-electron chi connectivity index (χ1n) is 6.07. The van der Waals surface area contributed by atoms with Gasteiger partial charge < -0.3 is 4.90 Å². The largest absolute Gasteiger partial charge is 0.300 e. The van der Waals surface area contributed by atoms with Gasteiger partial charge in [0, 0.05) is 15.1 Å². The molecule has 3 rings (SSSR count). The first kappa shape index (κ1) is 14.4. The van der Waals surface area contributed by atoms with Gasteiger partial charge in [-0.3, -0.25) is 9.59 Å². The van der Waals surface area contributed by atoms with Crippen molar-refractivity contribution >= 4 is 52.2 Å². The van der Waals surface area contributed by atoms with E-state index in [0.717, 1.165) is 0 Å². The van der Waals surface area contributed by atoms with E-state index >= 15 is 0 Å². The van der Waals surface area contributed by atoms with E-state index in [0.29, 0.717) is 31.9 Å². The summed E-state index contributed by atoms with van der Waals surface area (Å²) in [5.74, 6) is -1.14. The summed E-state index contributed by atoms with van der Waals surface area (Å²) in [7, 11) is 0. The summed E-state index contributed by atoms with van der Waals surface area (Å²) >= 11 is 17.8. The molecule has 0 N–H and O–H groups in total. The minimum atomic E-state index is -0.585. The van der Waals surface area contributed by atoms with Gasteiger partial charge in [-0.2, -0.15) is 0 Å². The van der Waals surface area contributed by atoms with Crippen molar-refractivity contribution < 1.29 is 9.59 Å². The predicted molar refractivity (Wildman–Crippen MR) is 83.4 cm³/mol. The SMILES string of the molecule is O=C1C(=O)N(Cc2ccc(Cl)cc2Cl)c2ccc(Cl)cc21. The topological polar surface area (TPSA) is 37.4 Å². The number of carbonyl (C=O) groups is 2. The first-order valence-corrected chi connectivity index (χ1v) is 7.20. The lowest BCUT2D eigenvalue weighted by molar-refractivity contribution is -0.114. The van der Waals surface area contributed by atoms with E-state index in [1.807, 2.05) is 0 Å². The highest BCUT2D eigenvalue weighted by molar-refractivity contribution is 6.52. The first-order chi connectivity index (χ1) is 9.97. The number of benzene rings is 2. The fourth-order valence-corrected chi connectivity index (χ4v) is 2.89. The Kier molecular flexibility index (Phi) is 3.66. The fraction of sp³-hybridized carbons (Fsp3) is 0.0667. The predicted octanol–water partition coefficient (Wildman–Crippen LogP) is 4.38. The molecule has 1 heterocycles. The molecule has 1 aliphatic heterocycles. The molecule has 2 aromatic carbocycles. The van der Waals surface area contributed by atoms with Gasteiger partial charge in [0.1, 0.15) is 0 Å². The lowest BCUT2D eigenvalue weighted by Gasteiger charge is -2.17. The Labute approximate surface area is 136 Å². The van der Waals surface area contributed by atoms with Crippen molar-refractivity contribution in [3.8, 4) is 0 Å². The zero-order chi connectivity index (χ0) is 15.1. The molecule has 0 atom stereocenters. The van der Waals surface area contributed by atoms with Crippen LogP contribution in [0, 0.1) is 0 Å². The number of hydrogen-bond acceptors (Lipinski definition) is 2. The Bertz CT molecular complexity index is 774. The second-order valence-corrected chi connectivity index (χ2v) is 5.90. The Balaban J connectivity index is 2.00. The molecule has 0 spiro atoms. The summed E-state index contributed by atoms with van der Waals surface area (Å²) in [5, 5.41) is 1.38. The minimum Gasteiger partial charge on any atom is -0.300 e. The fourth-order valence-electron chi connectivity index (χ4n) is 2.25. The van der Waals surface area contributed by atoms with Crippen LogP contribution in [0.4, 0.5) is 5.69 Å². The van der Waals surface area contributed by atoms with E-state index in [1.54, 1.807) is 30.3 Å². The van der Waals surface area contributed by atoms with Crippen LogP contribution in [0.15, 0.2) is 36.4 Å². The maximum absolute atomic E-state index is 12.1. The monoisotopic (exact) mass is 339 g/mol. The van der Waals surface area contributed by atoms with Crippen molar-refractivity contribution in [2.24, 2.45) is 0 Å². The lowest BCUT2D eigenvalue weighted by Crippen LogP contribution is -2.29. The van der Waals surface area contributed by atoms with Crippen molar-refractivity contribution in [3.05, 3.63) is 62.6 Å². The van der Waals surface area contributed by atoms with Gasteiger partial charge in [-0.15, -0.1) is 0 Å². The van der Waals surface area contributed by atoms with E-state index in [1.165, 1.54) is 11.0 Å². The summed E-state index contributed by atoms with van der Waals surface area (Å²) in [6, 6.07) is 9.82. The van der Waals surface area contributed by atoms with Gasteiger partial charge in [0.2, 0.25) is 0 Å². The molecule has 106 valence electrons. The highest BCUT2D eigenvalue weighted by Gasteiger charge is 2.36. The number of carbonyl (C=O) groups excluding carboxylic acids is 2. The molecule has 0 bridgehead atoms.